The Hall–Kier alpha value is -1.06. The Labute approximate surface area is 129 Å². The van der Waals surface area contributed by atoms with Crippen molar-refractivity contribution in [1.29, 1.82) is 0 Å². The van der Waals surface area contributed by atoms with Crippen molar-refractivity contribution in [3.8, 4) is 5.75 Å². The molecule has 1 aromatic carbocycles. The number of benzene rings is 1. The molecule has 118 valence electrons. The quantitative estimate of drug-likeness (QED) is 0.834. The molecular weight excluding hydrogens is 260 g/mol. The molecule has 0 aliphatic carbocycles. The van der Waals surface area contributed by atoms with E-state index in [2.05, 4.69) is 55.3 Å². The number of nitrogens with one attached hydrogen (secondary N) is 1. The summed E-state index contributed by atoms with van der Waals surface area (Å²) in [5, 5.41) is 3.49. The molecule has 1 atom stereocenters. The van der Waals surface area contributed by atoms with Crippen molar-refractivity contribution in [3.63, 3.8) is 0 Å². The van der Waals surface area contributed by atoms with Crippen molar-refractivity contribution < 1.29 is 4.74 Å². The van der Waals surface area contributed by atoms with E-state index in [-0.39, 0.29) is 6.10 Å². The van der Waals surface area contributed by atoms with E-state index in [4.69, 9.17) is 4.74 Å². The monoisotopic (exact) mass is 290 g/mol. The second kappa shape index (κ2) is 8.40. The van der Waals surface area contributed by atoms with Crippen LogP contribution in [-0.2, 0) is 6.54 Å². The van der Waals surface area contributed by atoms with Crippen LogP contribution in [0.5, 0.6) is 5.75 Å². The minimum Gasteiger partial charge on any atom is -0.491 e. The fraction of sp³-hybridized carbons (Fsp3) is 0.667. The van der Waals surface area contributed by atoms with E-state index in [1.807, 2.05) is 0 Å². The Morgan fingerprint density at radius 2 is 2.14 bits per heavy atom. The van der Waals surface area contributed by atoms with Crippen LogP contribution in [0.3, 0.4) is 0 Å². The number of ether oxygens (including phenoxy) is 1. The Bertz CT molecular complexity index is 419. The van der Waals surface area contributed by atoms with E-state index in [1.54, 1.807) is 0 Å². The number of nitrogens with zero attached hydrogens (tertiary/aromatic N) is 1. The zero-order valence-corrected chi connectivity index (χ0v) is 13.8. The van der Waals surface area contributed by atoms with Crippen LogP contribution in [0.15, 0.2) is 24.3 Å². The molecule has 3 nitrogen and oxygen atoms in total. The van der Waals surface area contributed by atoms with Crippen LogP contribution in [0, 0.1) is 5.92 Å². The van der Waals surface area contributed by atoms with Crippen molar-refractivity contribution >= 4 is 0 Å². The summed E-state index contributed by atoms with van der Waals surface area (Å²) >= 11 is 0. The maximum atomic E-state index is 5.94. The van der Waals surface area contributed by atoms with Gasteiger partial charge in [-0.2, -0.15) is 0 Å². The molecule has 1 saturated heterocycles. The van der Waals surface area contributed by atoms with Crippen molar-refractivity contribution in [1.82, 2.24) is 10.2 Å². The Morgan fingerprint density at radius 1 is 1.33 bits per heavy atom. The van der Waals surface area contributed by atoms with Crippen molar-refractivity contribution in [2.45, 2.75) is 46.3 Å². The Balaban J connectivity index is 1.94. The first-order valence-electron chi connectivity index (χ1n) is 8.36. The molecule has 2 rings (SSSR count). The van der Waals surface area contributed by atoms with Gasteiger partial charge in [0.05, 0.1) is 6.10 Å². The summed E-state index contributed by atoms with van der Waals surface area (Å²) in [4.78, 5) is 2.58. The summed E-state index contributed by atoms with van der Waals surface area (Å²) in [7, 11) is 0. The summed E-state index contributed by atoms with van der Waals surface area (Å²) in [5.74, 6) is 1.83. The highest BCUT2D eigenvalue weighted by Crippen LogP contribution is 2.24. The van der Waals surface area contributed by atoms with E-state index in [1.165, 1.54) is 31.5 Å². The summed E-state index contributed by atoms with van der Waals surface area (Å²) in [6.45, 7) is 12.0. The molecule has 21 heavy (non-hydrogen) atoms. The topological polar surface area (TPSA) is 24.5 Å². The molecule has 1 unspecified atom stereocenters. The highest BCUT2D eigenvalue weighted by atomic mass is 16.5. The van der Waals surface area contributed by atoms with E-state index < -0.39 is 0 Å². The van der Waals surface area contributed by atoms with Crippen LogP contribution in [-0.4, -0.2) is 37.2 Å². The van der Waals surface area contributed by atoms with Gasteiger partial charge in [-0.1, -0.05) is 25.1 Å². The Morgan fingerprint density at radius 3 is 2.90 bits per heavy atom. The first-order chi connectivity index (χ1) is 10.2. The van der Waals surface area contributed by atoms with Gasteiger partial charge in [-0.05, 0) is 58.3 Å². The lowest BCUT2D eigenvalue weighted by molar-refractivity contribution is 0.161. The second-order valence-electron chi connectivity index (χ2n) is 6.33. The first-order valence-corrected chi connectivity index (χ1v) is 8.36. The molecule has 3 heteroatoms. The zero-order valence-electron chi connectivity index (χ0n) is 13.8. The third kappa shape index (κ3) is 5.33. The van der Waals surface area contributed by atoms with Crippen LogP contribution in [0.1, 0.15) is 39.2 Å². The zero-order chi connectivity index (χ0) is 15.1. The second-order valence-corrected chi connectivity index (χ2v) is 6.33. The normalized spacial score (nSPS) is 19.9. The smallest absolute Gasteiger partial charge is 0.124 e. The first kappa shape index (κ1) is 16.3. The van der Waals surface area contributed by atoms with Gasteiger partial charge in [0.1, 0.15) is 5.75 Å². The molecule has 1 aromatic rings. The number of likely N-dealkylation sites (tertiary alicyclic amines) is 1. The van der Waals surface area contributed by atoms with Crippen molar-refractivity contribution in [2.75, 3.05) is 26.2 Å². The molecule has 0 bridgehead atoms. The molecule has 1 N–H and O–H groups in total. The third-order valence-electron chi connectivity index (χ3n) is 4.02. The van der Waals surface area contributed by atoms with Gasteiger partial charge in [-0.3, -0.25) is 4.90 Å². The lowest BCUT2D eigenvalue weighted by Gasteiger charge is -2.33. The fourth-order valence-corrected chi connectivity index (χ4v) is 3.05. The van der Waals surface area contributed by atoms with Gasteiger partial charge in [0.25, 0.3) is 0 Å². The van der Waals surface area contributed by atoms with Gasteiger partial charge in [0.15, 0.2) is 0 Å². The van der Waals surface area contributed by atoms with Crippen molar-refractivity contribution in [2.24, 2.45) is 5.92 Å². The summed E-state index contributed by atoms with van der Waals surface area (Å²) in [6, 6.07) is 8.47. The molecule has 0 saturated carbocycles. The van der Waals surface area contributed by atoms with E-state index in [0.29, 0.717) is 0 Å². The van der Waals surface area contributed by atoms with E-state index in [9.17, 15) is 0 Å². The molecule has 1 aliphatic rings. The van der Waals surface area contributed by atoms with Gasteiger partial charge in [-0.15, -0.1) is 0 Å². The van der Waals surface area contributed by atoms with E-state index >= 15 is 0 Å². The molecule has 0 spiro atoms. The fourth-order valence-electron chi connectivity index (χ4n) is 3.05. The average molecular weight is 290 g/mol. The summed E-state index contributed by atoms with van der Waals surface area (Å²) in [6.07, 6.45) is 2.89. The molecule has 1 aliphatic heterocycles. The molecular formula is C18H30N2O. The maximum absolute atomic E-state index is 5.94. The Kier molecular flexibility index (Phi) is 6.52. The van der Waals surface area contributed by atoms with Gasteiger partial charge in [-0.25, -0.2) is 0 Å². The predicted octanol–water partition coefficient (Wildman–Crippen LogP) is 3.30. The predicted molar refractivity (Wildman–Crippen MR) is 88.8 cm³/mol. The maximum Gasteiger partial charge on any atom is 0.124 e. The lowest BCUT2D eigenvalue weighted by Crippen LogP contribution is -2.39. The molecule has 0 aromatic heterocycles. The average Bonchev–Trinajstić information content (AvgIpc) is 2.47. The minimum absolute atomic E-state index is 0.231. The van der Waals surface area contributed by atoms with Crippen LogP contribution >= 0.6 is 0 Å². The van der Waals surface area contributed by atoms with Crippen LogP contribution in [0.4, 0.5) is 0 Å². The largest absolute Gasteiger partial charge is 0.491 e. The number of piperidine rings is 1. The van der Waals surface area contributed by atoms with Gasteiger partial charge < -0.3 is 10.1 Å². The molecule has 0 amide bonds. The van der Waals surface area contributed by atoms with Crippen LogP contribution < -0.4 is 10.1 Å². The highest BCUT2D eigenvalue weighted by molar-refractivity contribution is 5.33. The third-order valence-corrected chi connectivity index (χ3v) is 4.02. The SMILES string of the molecule is CCNCC1CCCN(Cc2ccccc2OC(C)C)C1. The molecule has 1 fully saturated rings. The van der Waals surface area contributed by atoms with Crippen LogP contribution in [0.2, 0.25) is 0 Å². The van der Waals surface area contributed by atoms with Crippen LogP contribution in [0.25, 0.3) is 0 Å². The standard InChI is InChI=1S/C18H30N2O/c1-4-19-12-16-8-7-11-20(13-16)14-17-9-5-6-10-18(17)21-15(2)3/h5-6,9-10,15-16,19H,4,7-8,11-14H2,1-3H3. The molecule has 1 heterocycles. The summed E-state index contributed by atoms with van der Waals surface area (Å²) in [5.41, 5.74) is 1.32. The minimum atomic E-state index is 0.231. The number of rotatable bonds is 7. The van der Waals surface area contributed by atoms with Gasteiger partial charge in [0.2, 0.25) is 0 Å². The van der Waals surface area contributed by atoms with Crippen molar-refractivity contribution in [3.05, 3.63) is 29.8 Å². The summed E-state index contributed by atoms with van der Waals surface area (Å²) < 4.78 is 5.94. The van der Waals surface area contributed by atoms with E-state index in [0.717, 1.165) is 31.3 Å². The lowest BCUT2D eigenvalue weighted by atomic mass is 9.97. The van der Waals surface area contributed by atoms with Gasteiger partial charge in [0, 0.05) is 18.7 Å². The molecule has 0 radical (unpaired) electrons. The number of hydrogen-bond acceptors (Lipinski definition) is 3. The highest BCUT2D eigenvalue weighted by Gasteiger charge is 2.20. The number of para-hydroxylation sites is 1. The van der Waals surface area contributed by atoms with Gasteiger partial charge >= 0.3 is 0 Å². The number of hydrogen-bond donors (Lipinski definition) is 1.